The van der Waals surface area contributed by atoms with Gasteiger partial charge in [-0.3, -0.25) is 0 Å². The van der Waals surface area contributed by atoms with Crippen molar-refractivity contribution in [3.05, 3.63) is 64.7 Å². The molecular weight excluding hydrogens is 264 g/mol. The SMILES string of the molecule is CCOC(=O)c1ccc(Cc2ccc(C)cc2)c(OC)c1. The van der Waals surface area contributed by atoms with Crippen LogP contribution in [-0.2, 0) is 11.2 Å². The molecule has 2 aromatic rings. The lowest BCUT2D eigenvalue weighted by atomic mass is 10.0. The molecule has 2 aromatic carbocycles. The van der Waals surface area contributed by atoms with E-state index in [1.165, 1.54) is 11.1 Å². The molecule has 0 radical (unpaired) electrons. The summed E-state index contributed by atoms with van der Waals surface area (Å²) in [5.41, 5.74) is 4.02. The van der Waals surface area contributed by atoms with Gasteiger partial charge in [0.1, 0.15) is 5.75 Å². The predicted octanol–water partition coefficient (Wildman–Crippen LogP) is 3.77. The number of ether oxygens (including phenoxy) is 2. The zero-order valence-electron chi connectivity index (χ0n) is 12.7. The van der Waals surface area contributed by atoms with E-state index >= 15 is 0 Å². The molecule has 0 aliphatic carbocycles. The standard InChI is InChI=1S/C18H20O3/c1-4-21-18(19)16-10-9-15(17(12-16)20-3)11-14-7-5-13(2)6-8-14/h5-10,12H,4,11H2,1-3H3. The quantitative estimate of drug-likeness (QED) is 0.784. The molecule has 0 N–H and O–H groups in total. The Balaban J connectivity index is 2.23. The predicted molar refractivity (Wildman–Crippen MR) is 82.9 cm³/mol. The Bertz CT molecular complexity index is 615. The Morgan fingerprint density at radius 3 is 2.43 bits per heavy atom. The molecule has 0 fully saturated rings. The zero-order valence-corrected chi connectivity index (χ0v) is 12.7. The average molecular weight is 284 g/mol. The van der Waals surface area contributed by atoms with Crippen LogP contribution in [0.15, 0.2) is 42.5 Å². The second kappa shape index (κ2) is 6.93. The summed E-state index contributed by atoms with van der Waals surface area (Å²) in [5.74, 6) is 0.388. The van der Waals surface area contributed by atoms with Crippen molar-refractivity contribution < 1.29 is 14.3 Å². The van der Waals surface area contributed by atoms with Gasteiger partial charge in [-0.15, -0.1) is 0 Å². The molecule has 0 bridgehead atoms. The molecule has 0 atom stereocenters. The second-order valence-corrected chi connectivity index (χ2v) is 4.91. The fourth-order valence-corrected chi connectivity index (χ4v) is 2.16. The van der Waals surface area contributed by atoms with Gasteiger partial charge in [-0.25, -0.2) is 4.79 Å². The van der Waals surface area contributed by atoms with Crippen molar-refractivity contribution in [1.29, 1.82) is 0 Å². The molecule has 0 amide bonds. The van der Waals surface area contributed by atoms with Crippen LogP contribution in [0.5, 0.6) is 5.75 Å². The first-order valence-corrected chi connectivity index (χ1v) is 7.03. The highest BCUT2D eigenvalue weighted by Crippen LogP contribution is 2.24. The minimum Gasteiger partial charge on any atom is -0.496 e. The highest BCUT2D eigenvalue weighted by molar-refractivity contribution is 5.90. The summed E-state index contributed by atoms with van der Waals surface area (Å²) in [6.07, 6.45) is 0.770. The summed E-state index contributed by atoms with van der Waals surface area (Å²) in [4.78, 5) is 11.7. The maximum Gasteiger partial charge on any atom is 0.338 e. The third-order valence-electron chi connectivity index (χ3n) is 3.31. The minimum atomic E-state index is -0.322. The normalized spacial score (nSPS) is 10.2. The minimum absolute atomic E-state index is 0.322. The highest BCUT2D eigenvalue weighted by atomic mass is 16.5. The largest absolute Gasteiger partial charge is 0.496 e. The molecule has 0 aliphatic heterocycles. The van der Waals surface area contributed by atoms with Gasteiger partial charge in [0, 0.05) is 6.42 Å². The van der Waals surface area contributed by atoms with Gasteiger partial charge in [-0.2, -0.15) is 0 Å². The maximum absolute atomic E-state index is 11.7. The number of hydrogen-bond acceptors (Lipinski definition) is 3. The summed E-state index contributed by atoms with van der Waals surface area (Å²) in [7, 11) is 1.61. The Labute approximate surface area is 125 Å². The van der Waals surface area contributed by atoms with Gasteiger partial charge in [-0.1, -0.05) is 35.9 Å². The fourth-order valence-electron chi connectivity index (χ4n) is 2.16. The van der Waals surface area contributed by atoms with Crippen molar-refractivity contribution >= 4 is 5.97 Å². The maximum atomic E-state index is 11.7. The van der Waals surface area contributed by atoms with Crippen LogP contribution in [0.25, 0.3) is 0 Å². The number of carbonyl (C=O) groups excluding carboxylic acids is 1. The van der Waals surface area contributed by atoms with Crippen molar-refractivity contribution in [2.45, 2.75) is 20.3 Å². The lowest BCUT2D eigenvalue weighted by molar-refractivity contribution is 0.0526. The monoisotopic (exact) mass is 284 g/mol. The van der Waals surface area contributed by atoms with E-state index in [4.69, 9.17) is 9.47 Å². The summed E-state index contributed by atoms with van der Waals surface area (Å²) >= 11 is 0. The van der Waals surface area contributed by atoms with Gasteiger partial charge < -0.3 is 9.47 Å². The van der Waals surface area contributed by atoms with Gasteiger partial charge in [0.05, 0.1) is 19.3 Å². The summed E-state index contributed by atoms with van der Waals surface area (Å²) in [6.45, 7) is 4.23. The van der Waals surface area contributed by atoms with Crippen LogP contribution in [-0.4, -0.2) is 19.7 Å². The molecule has 0 heterocycles. The van der Waals surface area contributed by atoms with Gasteiger partial charge in [0.2, 0.25) is 0 Å². The molecule has 0 saturated carbocycles. The van der Waals surface area contributed by atoms with E-state index in [0.29, 0.717) is 17.9 Å². The molecule has 0 aromatic heterocycles. The van der Waals surface area contributed by atoms with E-state index in [1.807, 2.05) is 6.07 Å². The van der Waals surface area contributed by atoms with E-state index in [0.717, 1.165) is 12.0 Å². The smallest absolute Gasteiger partial charge is 0.338 e. The molecule has 3 nitrogen and oxygen atoms in total. The van der Waals surface area contributed by atoms with Gasteiger partial charge in [0.25, 0.3) is 0 Å². The van der Waals surface area contributed by atoms with Crippen molar-refractivity contribution in [3.63, 3.8) is 0 Å². The number of rotatable bonds is 5. The summed E-state index contributed by atoms with van der Waals surface area (Å²) in [5, 5.41) is 0. The van der Waals surface area contributed by atoms with Crippen LogP contribution in [0.4, 0.5) is 0 Å². The first-order chi connectivity index (χ1) is 10.1. The van der Waals surface area contributed by atoms with Gasteiger partial charge in [0.15, 0.2) is 0 Å². The topological polar surface area (TPSA) is 35.5 Å². The number of carbonyl (C=O) groups is 1. The van der Waals surface area contributed by atoms with Crippen LogP contribution in [0.2, 0.25) is 0 Å². The molecule has 110 valence electrons. The Morgan fingerprint density at radius 2 is 1.81 bits per heavy atom. The van der Waals surface area contributed by atoms with Crippen molar-refractivity contribution in [2.75, 3.05) is 13.7 Å². The first-order valence-electron chi connectivity index (χ1n) is 7.03. The second-order valence-electron chi connectivity index (χ2n) is 4.91. The highest BCUT2D eigenvalue weighted by Gasteiger charge is 2.11. The van der Waals surface area contributed by atoms with Crippen LogP contribution < -0.4 is 4.74 Å². The Kier molecular flexibility index (Phi) is 4.99. The molecule has 0 unspecified atom stereocenters. The lowest BCUT2D eigenvalue weighted by Gasteiger charge is -2.11. The average Bonchev–Trinajstić information content (AvgIpc) is 2.50. The van der Waals surface area contributed by atoms with E-state index < -0.39 is 0 Å². The summed E-state index contributed by atoms with van der Waals surface area (Å²) < 4.78 is 10.4. The van der Waals surface area contributed by atoms with Crippen LogP contribution in [0.1, 0.15) is 34.0 Å². The van der Waals surface area contributed by atoms with E-state index in [2.05, 4.69) is 31.2 Å². The Morgan fingerprint density at radius 1 is 1.10 bits per heavy atom. The van der Waals surface area contributed by atoms with Gasteiger partial charge >= 0.3 is 5.97 Å². The van der Waals surface area contributed by atoms with Crippen molar-refractivity contribution in [2.24, 2.45) is 0 Å². The molecular formula is C18H20O3. The Hall–Kier alpha value is -2.29. The molecule has 0 saturated heterocycles. The number of hydrogen-bond donors (Lipinski definition) is 0. The molecule has 0 aliphatic rings. The van der Waals surface area contributed by atoms with E-state index in [1.54, 1.807) is 26.2 Å². The van der Waals surface area contributed by atoms with E-state index in [-0.39, 0.29) is 5.97 Å². The van der Waals surface area contributed by atoms with Crippen molar-refractivity contribution in [1.82, 2.24) is 0 Å². The number of methoxy groups -OCH3 is 1. The third kappa shape index (κ3) is 3.85. The first kappa shape index (κ1) is 15.1. The molecule has 0 spiro atoms. The van der Waals surface area contributed by atoms with E-state index in [9.17, 15) is 4.79 Å². The summed E-state index contributed by atoms with van der Waals surface area (Å²) in [6, 6.07) is 13.8. The number of esters is 1. The third-order valence-corrected chi connectivity index (χ3v) is 3.31. The molecule has 3 heteroatoms. The van der Waals surface area contributed by atoms with Crippen LogP contribution in [0, 0.1) is 6.92 Å². The van der Waals surface area contributed by atoms with Crippen molar-refractivity contribution in [3.8, 4) is 5.75 Å². The van der Waals surface area contributed by atoms with Crippen LogP contribution in [0.3, 0.4) is 0 Å². The fraction of sp³-hybridized carbons (Fsp3) is 0.278. The molecule has 21 heavy (non-hydrogen) atoms. The number of benzene rings is 2. The number of aryl methyl sites for hydroxylation is 1. The lowest BCUT2D eigenvalue weighted by Crippen LogP contribution is -2.05. The van der Waals surface area contributed by atoms with Gasteiger partial charge in [-0.05, 0) is 37.1 Å². The molecule has 2 rings (SSSR count). The zero-order chi connectivity index (χ0) is 15.2. The van der Waals surface area contributed by atoms with Crippen LogP contribution >= 0.6 is 0 Å².